The highest BCUT2D eigenvalue weighted by Gasteiger charge is 2.62. The predicted octanol–water partition coefficient (Wildman–Crippen LogP) is 2.69. The molecule has 1 fully saturated rings. The van der Waals surface area contributed by atoms with E-state index in [-0.39, 0.29) is 11.7 Å². The summed E-state index contributed by atoms with van der Waals surface area (Å²) in [6.07, 6.45) is 4.33. The minimum Gasteiger partial charge on any atom is -0.430 e. The van der Waals surface area contributed by atoms with Gasteiger partial charge in [0.2, 0.25) is 0 Å². The number of hydrogen-bond acceptors (Lipinski definition) is 3. The largest absolute Gasteiger partial charge is 0.430 e. The number of allylic oxidation sites excluding steroid dienone is 4. The number of fused-ring (bicyclic) bond motifs is 2. The van der Waals surface area contributed by atoms with Gasteiger partial charge in [0.25, 0.3) is 0 Å². The highest BCUT2D eigenvalue weighted by Crippen LogP contribution is 2.58. The molecule has 0 amide bonds. The molecule has 1 spiro atoms. The molecule has 1 aliphatic heterocycles. The first-order chi connectivity index (χ1) is 8.49. The van der Waals surface area contributed by atoms with Gasteiger partial charge < -0.3 is 4.74 Å². The Balaban J connectivity index is 2.20. The summed E-state index contributed by atoms with van der Waals surface area (Å²) in [5.41, 5.74) is 1.78. The number of ether oxygens (including phenoxy) is 1. The summed E-state index contributed by atoms with van der Waals surface area (Å²) in [6, 6.07) is 0. The van der Waals surface area contributed by atoms with Gasteiger partial charge in [-0.15, -0.1) is 0 Å². The van der Waals surface area contributed by atoms with Crippen LogP contribution in [0.3, 0.4) is 0 Å². The van der Waals surface area contributed by atoms with Crippen molar-refractivity contribution in [2.45, 2.75) is 33.1 Å². The minimum absolute atomic E-state index is 0.0191. The fraction of sp³-hybridized carbons (Fsp3) is 0.467. The zero-order chi connectivity index (χ0) is 13.1. The van der Waals surface area contributed by atoms with Crippen molar-refractivity contribution >= 4 is 11.8 Å². The maximum Gasteiger partial charge on any atom is 0.330 e. The van der Waals surface area contributed by atoms with E-state index in [2.05, 4.69) is 6.58 Å². The van der Waals surface area contributed by atoms with Crippen molar-refractivity contribution in [2.24, 2.45) is 11.3 Å². The molecule has 94 valence electrons. The van der Waals surface area contributed by atoms with Crippen LogP contribution < -0.4 is 0 Å². The molecule has 18 heavy (non-hydrogen) atoms. The van der Waals surface area contributed by atoms with E-state index in [1.807, 2.05) is 6.92 Å². The van der Waals surface area contributed by atoms with Crippen LogP contribution in [0.15, 0.2) is 35.1 Å². The van der Waals surface area contributed by atoms with Crippen molar-refractivity contribution in [1.29, 1.82) is 0 Å². The third kappa shape index (κ3) is 1.10. The van der Waals surface area contributed by atoms with Gasteiger partial charge in [-0.3, -0.25) is 9.59 Å². The van der Waals surface area contributed by atoms with Gasteiger partial charge >= 0.3 is 5.97 Å². The summed E-state index contributed by atoms with van der Waals surface area (Å²) in [7, 11) is 0. The van der Waals surface area contributed by atoms with Gasteiger partial charge in [-0.05, 0) is 44.3 Å². The molecule has 0 aromatic heterocycles. The zero-order valence-electron chi connectivity index (χ0n) is 10.7. The highest BCUT2D eigenvalue weighted by molar-refractivity contribution is 6.16. The zero-order valence-corrected chi connectivity index (χ0v) is 10.7. The van der Waals surface area contributed by atoms with E-state index in [1.54, 1.807) is 6.92 Å². The molecule has 0 saturated heterocycles. The fourth-order valence-corrected chi connectivity index (χ4v) is 3.71. The maximum atomic E-state index is 12.5. The number of carbonyl (C=O) groups excluding carboxylic acids is 2. The van der Waals surface area contributed by atoms with E-state index in [9.17, 15) is 9.59 Å². The Bertz CT molecular complexity index is 550. The van der Waals surface area contributed by atoms with Crippen molar-refractivity contribution in [3.05, 3.63) is 35.1 Å². The number of carbonyl (C=O) groups is 2. The van der Waals surface area contributed by atoms with Gasteiger partial charge in [0, 0.05) is 12.0 Å². The second kappa shape index (κ2) is 3.44. The van der Waals surface area contributed by atoms with Crippen LogP contribution >= 0.6 is 0 Å². The number of hydrogen-bond donors (Lipinski definition) is 0. The summed E-state index contributed by atoms with van der Waals surface area (Å²) in [5.74, 6) is -0.219. The molecule has 0 aromatic rings. The van der Waals surface area contributed by atoms with Gasteiger partial charge in [0.1, 0.15) is 5.76 Å². The highest BCUT2D eigenvalue weighted by atomic mass is 16.5. The SMILES string of the molecule is C=C1C(C)=C2CCCC2C12C(=O)C=C(C)OC2=O. The van der Waals surface area contributed by atoms with Crippen LogP contribution in [-0.2, 0) is 14.3 Å². The first-order valence-corrected chi connectivity index (χ1v) is 6.34. The van der Waals surface area contributed by atoms with Crippen molar-refractivity contribution < 1.29 is 14.3 Å². The smallest absolute Gasteiger partial charge is 0.330 e. The molecule has 0 N–H and O–H groups in total. The molecular weight excluding hydrogens is 228 g/mol. The normalized spacial score (nSPS) is 35.1. The van der Waals surface area contributed by atoms with Gasteiger partial charge in [0.15, 0.2) is 11.2 Å². The first kappa shape index (κ1) is 11.5. The van der Waals surface area contributed by atoms with Gasteiger partial charge in [-0.25, -0.2) is 0 Å². The van der Waals surface area contributed by atoms with Crippen LogP contribution in [0.4, 0.5) is 0 Å². The Hall–Kier alpha value is -1.64. The van der Waals surface area contributed by atoms with E-state index in [4.69, 9.17) is 4.74 Å². The van der Waals surface area contributed by atoms with Crippen molar-refractivity contribution in [2.75, 3.05) is 0 Å². The van der Waals surface area contributed by atoms with Crippen molar-refractivity contribution in [3.8, 4) is 0 Å². The second-order valence-corrected chi connectivity index (χ2v) is 5.39. The van der Waals surface area contributed by atoms with Crippen molar-refractivity contribution in [3.63, 3.8) is 0 Å². The quantitative estimate of drug-likeness (QED) is 0.486. The van der Waals surface area contributed by atoms with E-state index in [0.717, 1.165) is 24.8 Å². The minimum atomic E-state index is -1.14. The van der Waals surface area contributed by atoms with Crippen LogP contribution in [0.25, 0.3) is 0 Å². The van der Waals surface area contributed by atoms with E-state index < -0.39 is 11.4 Å². The molecule has 3 rings (SSSR count). The number of esters is 1. The monoisotopic (exact) mass is 244 g/mol. The Morgan fingerprint density at radius 1 is 1.39 bits per heavy atom. The number of ketones is 1. The molecule has 0 radical (unpaired) electrons. The number of rotatable bonds is 0. The van der Waals surface area contributed by atoms with E-state index in [1.165, 1.54) is 11.6 Å². The molecule has 0 aromatic carbocycles. The van der Waals surface area contributed by atoms with Crippen LogP contribution in [0, 0.1) is 11.3 Å². The van der Waals surface area contributed by atoms with Gasteiger partial charge in [-0.1, -0.05) is 12.2 Å². The molecule has 0 bridgehead atoms. The van der Waals surface area contributed by atoms with E-state index >= 15 is 0 Å². The molecular formula is C15H16O3. The van der Waals surface area contributed by atoms with Crippen molar-refractivity contribution in [1.82, 2.24) is 0 Å². The summed E-state index contributed by atoms with van der Waals surface area (Å²) >= 11 is 0. The van der Waals surface area contributed by atoms with Crippen LogP contribution in [0.5, 0.6) is 0 Å². The van der Waals surface area contributed by atoms with Crippen LogP contribution in [0.2, 0.25) is 0 Å². The Kier molecular flexibility index (Phi) is 2.19. The predicted molar refractivity (Wildman–Crippen MR) is 66.5 cm³/mol. The summed E-state index contributed by atoms with van der Waals surface area (Å²) in [4.78, 5) is 24.8. The Morgan fingerprint density at radius 2 is 2.11 bits per heavy atom. The lowest BCUT2D eigenvalue weighted by Crippen LogP contribution is -2.46. The molecule has 1 heterocycles. The average Bonchev–Trinajstić information content (AvgIpc) is 2.82. The molecule has 2 unspecified atom stereocenters. The lowest BCUT2D eigenvalue weighted by molar-refractivity contribution is -0.157. The van der Waals surface area contributed by atoms with Gasteiger partial charge in [-0.2, -0.15) is 0 Å². The Labute approximate surface area is 106 Å². The Morgan fingerprint density at radius 3 is 2.78 bits per heavy atom. The third-order valence-corrected chi connectivity index (χ3v) is 4.59. The average molecular weight is 244 g/mol. The summed E-state index contributed by atoms with van der Waals surface area (Å²) < 4.78 is 5.24. The molecule has 3 heteroatoms. The van der Waals surface area contributed by atoms with Crippen LogP contribution in [-0.4, -0.2) is 11.8 Å². The molecule has 2 atom stereocenters. The van der Waals surface area contributed by atoms with Crippen LogP contribution in [0.1, 0.15) is 33.1 Å². The topological polar surface area (TPSA) is 43.4 Å². The molecule has 2 aliphatic carbocycles. The maximum absolute atomic E-state index is 12.5. The third-order valence-electron chi connectivity index (χ3n) is 4.59. The molecule has 3 aliphatic rings. The standard InChI is InChI=1S/C15H16O3/c1-8-7-13(16)15(14(17)18-8)10(3)9(2)11-5-4-6-12(11)15/h7,12H,3-6H2,1-2H3. The molecule has 3 nitrogen and oxygen atoms in total. The lowest BCUT2D eigenvalue weighted by Gasteiger charge is -2.34. The number of cyclic esters (lactones) is 1. The fourth-order valence-electron chi connectivity index (χ4n) is 3.71. The lowest BCUT2D eigenvalue weighted by atomic mass is 9.68. The van der Waals surface area contributed by atoms with E-state index in [0.29, 0.717) is 11.3 Å². The summed E-state index contributed by atoms with van der Waals surface area (Å²) in [5, 5.41) is 0. The second-order valence-electron chi connectivity index (χ2n) is 5.39. The molecule has 1 saturated carbocycles. The van der Waals surface area contributed by atoms with Gasteiger partial charge in [0.05, 0.1) is 0 Å². The first-order valence-electron chi connectivity index (χ1n) is 6.34. The summed E-state index contributed by atoms with van der Waals surface area (Å²) in [6.45, 7) is 7.62.